The summed E-state index contributed by atoms with van der Waals surface area (Å²) in [4.78, 5) is 0. The number of benzene rings is 1. The molecule has 0 aliphatic carbocycles. The van der Waals surface area contributed by atoms with Gasteiger partial charge in [0.2, 0.25) is 0 Å². The van der Waals surface area contributed by atoms with E-state index in [1.807, 2.05) is 41.0 Å². The smallest absolute Gasteiger partial charge is 0.0689 e. The molecule has 1 aliphatic rings. The summed E-state index contributed by atoms with van der Waals surface area (Å²) in [5.74, 6) is 0. The van der Waals surface area contributed by atoms with E-state index in [1.54, 1.807) is 0 Å². The Bertz CT molecular complexity index is 627. The summed E-state index contributed by atoms with van der Waals surface area (Å²) in [5, 5.41) is 11.2. The highest BCUT2D eigenvalue weighted by atomic mass is 16.5. The van der Waals surface area contributed by atoms with Gasteiger partial charge in [0.15, 0.2) is 0 Å². The Hall–Kier alpha value is -2.14. The van der Waals surface area contributed by atoms with Gasteiger partial charge in [0.1, 0.15) is 0 Å². The molecule has 1 aromatic heterocycles. The lowest BCUT2D eigenvalue weighted by Crippen LogP contribution is -2.32. The van der Waals surface area contributed by atoms with Crippen LogP contribution < -0.4 is 0 Å². The summed E-state index contributed by atoms with van der Waals surface area (Å²) < 4.78 is 7.30. The van der Waals surface area contributed by atoms with Gasteiger partial charge >= 0.3 is 0 Å². The van der Waals surface area contributed by atoms with Gasteiger partial charge in [0, 0.05) is 5.56 Å². The normalized spacial score (nSPS) is 15.8. The number of hydrogen-bond donors (Lipinski definition) is 0. The van der Waals surface area contributed by atoms with Crippen molar-refractivity contribution in [2.24, 2.45) is 5.10 Å². The molecule has 5 heteroatoms. The van der Waals surface area contributed by atoms with Crippen LogP contribution in [0, 0.1) is 13.8 Å². The molecule has 0 amide bonds. The molecule has 0 N–H and O–H groups in total. The quantitative estimate of drug-likeness (QED) is 0.811. The molecule has 0 unspecified atom stereocenters. The van der Waals surface area contributed by atoms with Gasteiger partial charge in [0.25, 0.3) is 0 Å². The Kier molecular flexibility index (Phi) is 4.01. The highest BCUT2D eigenvalue weighted by molar-refractivity contribution is 5.82. The highest BCUT2D eigenvalue weighted by Gasteiger charge is 2.12. The average molecular weight is 284 g/mol. The van der Waals surface area contributed by atoms with Crippen molar-refractivity contribution in [2.75, 3.05) is 26.3 Å². The Morgan fingerprint density at radius 1 is 1.14 bits per heavy atom. The van der Waals surface area contributed by atoms with Gasteiger partial charge in [0.05, 0.1) is 49.6 Å². The molecule has 0 atom stereocenters. The lowest BCUT2D eigenvalue weighted by atomic mass is 10.2. The number of nitrogens with zero attached hydrogens (tertiary/aromatic N) is 4. The van der Waals surface area contributed by atoms with E-state index in [9.17, 15) is 0 Å². The topological polar surface area (TPSA) is 42.7 Å². The van der Waals surface area contributed by atoms with E-state index in [0.29, 0.717) is 0 Å². The van der Waals surface area contributed by atoms with Crippen molar-refractivity contribution in [1.82, 2.24) is 14.8 Å². The SMILES string of the molecule is Cc1nn(-c2ccccc2)c(C)c1/C=N/N1CCOCC1. The number of para-hydroxylation sites is 1. The molecule has 0 spiro atoms. The second-order valence-electron chi connectivity index (χ2n) is 5.14. The summed E-state index contributed by atoms with van der Waals surface area (Å²) in [6.45, 7) is 7.29. The number of aromatic nitrogens is 2. The molecule has 1 aromatic carbocycles. The van der Waals surface area contributed by atoms with Crippen LogP contribution in [0.15, 0.2) is 35.4 Å². The number of hydrogen-bond acceptors (Lipinski definition) is 4. The number of hydrazone groups is 1. The van der Waals surface area contributed by atoms with Crippen molar-refractivity contribution >= 4 is 6.21 Å². The van der Waals surface area contributed by atoms with Crippen molar-refractivity contribution < 1.29 is 4.74 Å². The molecule has 5 nitrogen and oxygen atoms in total. The van der Waals surface area contributed by atoms with E-state index < -0.39 is 0 Å². The minimum absolute atomic E-state index is 0.749. The lowest BCUT2D eigenvalue weighted by Gasteiger charge is -2.23. The zero-order valence-electron chi connectivity index (χ0n) is 12.5. The number of morpholine rings is 1. The average Bonchev–Trinajstić information content (AvgIpc) is 2.82. The number of ether oxygens (including phenoxy) is 1. The van der Waals surface area contributed by atoms with Crippen LogP contribution >= 0.6 is 0 Å². The fourth-order valence-electron chi connectivity index (χ4n) is 2.47. The van der Waals surface area contributed by atoms with Crippen LogP contribution in [0.25, 0.3) is 5.69 Å². The Labute approximate surface area is 124 Å². The molecule has 1 fully saturated rings. The molecule has 2 aromatic rings. The van der Waals surface area contributed by atoms with Crippen molar-refractivity contribution in [2.45, 2.75) is 13.8 Å². The second kappa shape index (κ2) is 6.10. The van der Waals surface area contributed by atoms with Crippen LogP contribution in [0.2, 0.25) is 0 Å². The first kappa shape index (κ1) is 13.8. The Morgan fingerprint density at radius 3 is 2.57 bits per heavy atom. The van der Waals surface area contributed by atoms with Crippen LogP contribution in [-0.4, -0.2) is 47.3 Å². The third-order valence-electron chi connectivity index (χ3n) is 3.69. The molecule has 0 radical (unpaired) electrons. The van der Waals surface area contributed by atoms with Crippen LogP contribution in [0.1, 0.15) is 17.0 Å². The van der Waals surface area contributed by atoms with Gasteiger partial charge in [-0.05, 0) is 26.0 Å². The molecule has 1 aliphatic heterocycles. The van der Waals surface area contributed by atoms with Crippen LogP contribution in [-0.2, 0) is 4.74 Å². The van der Waals surface area contributed by atoms with E-state index in [-0.39, 0.29) is 0 Å². The summed E-state index contributed by atoms with van der Waals surface area (Å²) in [6.07, 6.45) is 1.92. The summed E-state index contributed by atoms with van der Waals surface area (Å²) >= 11 is 0. The van der Waals surface area contributed by atoms with Crippen LogP contribution in [0.3, 0.4) is 0 Å². The first-order valence-electron chi connectivity index (χ1n) is 7.24. The zero-order valence-corrected chi connectivity index (χ0v) is 12.5. The highest BCUT2D eigenvalue weighted by Crippen LogP contribution is 2.16. The Morgan fingerprint density at radius 2 is 1.86 bits per heavy atom. The predicted molar refractivity (Wildman–Crippen MR) is 83.0 cm³/mol. The summed E-state index contributed by atoms with van der Waals surface area (Å²) in [6, 6.07) is 10.2. The Balaban J connectivity index is 1.86. The minimum atomic E-state index is 0.749. The van der Waals surface area contributed by atoms with Gasteiger partial charge in [-0.25, -0.2) is 4.68 Å². The molecular formula is C16H20N4O. The monoisotopic (exact) mass is 284 g/mol. The van der Waals surface area contributed by atoms with Crippen molar-refractivity contribution in [1.29, 1.82) is 0 Å². The van der Waals surface area contributed by atoms with Gasteiger partial charge in [-0.2, -0.15) is 10.2 Å². The van der Waals surface area contributed by atoms with Crippen molar-refractivity contribution in [3.05, 3.63) is 47.3 Å². The van der Waals surface area contributed by atoms with Gasteiger partial charge in [-0.15, -0.1) is 0 Å². The molecule has 0 bridgehead atoms. The summed E-state index contributed by atoms with van der Waals surface area (Å²) in [5.41, 5.74) is 4.26. The van der Waals surface area contributed by atoms with Gasteiger partial charge in [-0.3, -0.25) is 5.01 Å². The van der Waals surface area contributed by atoms with E-state index in [2.05, 4.69) is 29.3 Å². The second-order valence-corrected chi connectivity index (χ2v) is 5.14. The van der Waals surface area contributed by atoms with Crippen LogP contribution in [0.5, 0.6) is 0 Å². The number of aryl methyl sites for hydroxylation is 1. The third kappa shape index (κ3) is 2.97. The standard InChI is InChI=1S/C16H20N4O/c1-13-16(12-17-19-8-10-21-11-9-19)14(2)20(18-13)15-6-4-3-5-7-15/h3-7,12H,8-11H2,1-2H3/b17-12+. The van der Waals surface area contributed by atoms with Gasteiger partial charge in [-0.1, -0.05) is 18.2 Å². The van der Waals surface area contributed by atoms with E-state index in [0.717, 1.165) is 48.9 Å². The maximum Gasteiger partial charge on any atom is 0.0689 e. The zero-order chi connectivity index (χ0) is 14.7. The maximum atomic E-state index is 5.33. The van der Waals surface area contributed by atoms with Crippen molar-refractivity contribution in [3.8, 4) is 5.69 Å². The first-order valence-corrected chi connectivity index (χ1v) is 7.24. The third-order valence-corrected chi connectivity index (χ3v) is 3.69. The van der Waals surface area contributed by atoms with E-state index >= 15 is 0 Å². The van der Waals surface area contributed by atoms with E-state index in [1.165, 1.54) is 0 Å². The largest absolute Gasteiger partial charge is 0.378 e. The molecular weight excluding hydrogens is 264 g/mol. The van der Waals surface area contributed by atoms with Gasteiger partial charge < -0.3 is 4.74 Å². The predicted octanol–water partition coefficient (Wildman–Crippen LogP) is 2.16. The molecule has 0 saturated carbocycles. The number of rotatable bonds is 3. The maximum absolute atomic E-state index is 5.33. The minimum Gasteiger partial charge on any atom is -0.378 e. The van der Waals surface area contributed by atoms with E-state index in [4.69, 9.17) is 4.74 Å². The lowest BCUT2D eigenvalue weighted by molar-refractivity contribution is 0.0397. The molecule has 3 rings (SSSR count). The first-order chi connectivity index (χ1) is 10.3. The van der Waals surface area contributed by atoms with Crippen LogP contribution in [0.4, 0.5) is 0 Å². The van der Waals surface area contributed by atoms with Crippen molar-refractivity contribution in [3.63, 3.8) is 0 Å². The molecule has 110 valence electrons. The fourth-order valence-corrected chi connectivity index (χ4v) is 2.47. The summed E-state index contributed by atoms with van der Waals surface area (Å²) in [7, 11) is 0. The molecule has 21 heavy (non-hydrogen) atoms. The fraction of sp³-hybridized carbons (Fsp3) is 0.375. The molecule has 2 heterocycles. The molecule has 1 saturated heterocycles.